The van der Waals surface area contributed by atoms with Crippen LogP contribution >= 0.6 is 0 Å². The van der Waals surface area contributed by atoms with Gasteiger partial charge in [0.25, 0.3) is 11.8 Å². The molecule has 2 saturated carbocycles. The number of alkyl halides is 3. The first-order valence-electron chi connectivity index (χ1n) is 8.93. The summed E-state index contributed by atoms with van der Waals surface area (Å²) in [5.41, 5.74) is 1.16. The number of halogens is 3. The predicted molar refractivity (Wildman–Crippen MR) is 89.0 cm³/mol. The summed E-state index contributed by atoms with van der Waals surface area (Å²) in [7, 11) is 1.37. The minimum atomic E-state index is -4.60. The Balaban J connectivity index is 1.47. The molecule has 2 amide bonds. The summed E-state index contributed by atoms with van der Waals surface area (Å²) < 4.78 is 38.7. The van der Waals surface area contributed by atoms with Crippen molar-refractivity contribution in [2.75, 3.05) is 7.05 Å². The number of aryl methyl sites for hydroxylation is 1. The molecule has 150 valence electrons. The summed E-state index contributed by atoms with van der Waals surface area (Å²) in [4.78, 5) is 25.4. The summed E-state index contributed by atoms with van der Waals surface area (Å²) in [6.07, 6.45) is -3.53. The molecule has 2 N–H and O–H groups in total. The van der Waals surface area contributed by atoms with Crippen LogP contribution in [0.25, 0.3) is 0 Å². The van der Waals surface area contributed by atoms with E-state index in [9.17, 15) is 27.9 Å². The van der Waals surface area contributed by atoms with E-state index in [1.165, 1.54) is 7.05 Å². The summed E-state index contributed by atoms with van der Waals surface area (Å²) in [6, 6.07) is -0.0942. The number of rotatable bonds is 6. The molecule has 1 heterocycles. The highest BCUT2D eigenvalue weighted by molar-refractivity contribution is 5.95. The molecule has 1 atom stereocenters. The molecule has 0 bridgehead atoms. The first-order valence-corrected chi connectivity index (χ1v) is 8.93. The van der Waals surface area contributed by atoms with E-state index in [2.05, 4.69) is 10.4 Å². The highest BCUT2D eigenvalue weighted by atomic mass is 19.4. The lowest BCUT2D eigenvalue weighted by Crippen LogP contribution is -2.56. The second kappa shape index (κ2) is 7.14. The van der Waals surface area contributed by atoms with Gasteiger partial charge in [0.1, 0.15) is 6.10 Å². The van der Waals surface area contributed by atoms with Gasteiger partial charge in [0.05, 0.1) is 23.7 Å². The first kappa shape index (κ1) is 19.7. The highest BCUT2D eigenvalue weighted by Gasteiger charge is 2.40. The van der Waals surface area contributed by atoms with E-state index < -0.39 is 24.6 Å². The summed E-state index contributed by atoms with van der Waals surface area (Å²) >= 11 is 0. The Morgan fingerprint density at radius 1 is 1.41 bits per heavy atom. The van der Waals surface area contributed by atoms with Gasteiger partial charge in [-0.05, 0) is 32.6 Å². The van der Waals surface area contributed by atoms with Crippen molar-refractivity contribution in [3.63, 3.8) is 0 Å². The second-order valence-electron chi connectivity index (χ2n) is 7.42. The molecule has 10 heteroatoms. The zero-order chi connectivity index (χ0) is 19.9. The summed E-state index contributed by atoms with van der Waals surface area (Å²) in [5, 5.41) is 16.7. The largest absolute Gasteiger partial charge is 0.392 e. The third-order valence-corrected chi connectivity index (χ3v) is 5.14. The van der Waals surface area contributed by atoms with Crippen molar-refractivity contribution in [2.24, 2.45) is 0 Å². The Kier molecular flexibility index (Phi) is 5.20. The Labute approximate surface area is 154 Å². The van der Waals surface area contributed by atoms with E-state index in [-0.39, 0.29) is 18.0 Å². The van der Waals surface area contributed by atoms with E-state index in [4.69, 9.17) is 0 Å². The van der Waals surface area contributed by atoms with Gasteiger partial charge in [-0.15, -0.1) is 0 Å². The van der Waals surface area contributed by atoms with E-state index in [0.29, 0.717) is 30.1 Å². The minimum Gasteiger partial charge on any atom is -0.383 e. The van der Waals surface area contributed by atoms with Crippen molar-refractivity contribution in [1.82, 2.24) is 20.0 Å². The Hall–Kier alpha value is -2.10. The molecule has 0 aromatic carbocycles. The minimum absolute atomic E-state index is 0.166. The topological polar surface area (TPSA) is 87.5 Å². The maximum absolute atomic E-state index is 12.4. The summed E-state index contributed by atoms with van der Waals surface area (Å²) in [6.45, 7) is 1.77. The fraction of sp³-hybridized carbons (Fsp3) is 0.706. The molecule has 0 saturated heterocycles. The van der Waals surface area contributed by atoms with E-state index in [0.717, 1.165) is 17.7 Å². The van der Waals surface area contributed by atoms with Crippen molar-refractivity contribution in [3.05, 3.63) is 17.5 Å². The third kappa shape index (κ3) is 4.60. The van der Waals surface area contributed by atoms with Gasteiger partial charge < -0.3 is 15.3 Å². The third-order valence-electron chi connectivity index (χ3n) is 5.14. The number of aromatic nitrogens is 2. The monoisotopic (exact) mass is 388 g/mol. The fourth-order valence-corrected chi connectivity index (χ4v) is 3.24. The number of carbonyl (C=O) groups excluding carboxylic acids is 2. The number of likely N-dealkylation sites (N-methyl/N-ethyl adjacent to an activating group) is 1. The molecule has 2 aliphatic carbocycles. The van der Waals surface area contributed by atoms with Crippen LogP contribution in [0.5, 0.6) is 0 Å². The van der Waals surface area contributed by atoms with Crippen LogP contribution in [0.3, 0.4) is 0 Å². The van der Waals surface area contributed by atoms with Gasteiger partial charge in [-0.3, -0.25) is 14.3 Å². The molecule has 2 aliphatic rings. The number of aliphatic hydroxyl groups is 1. The van der Waals surface area contributed by atoms with Gasteiger partial charge in [-0.25, -0.2) is 0 Å². The van der Waals surface area contributed by atoms with Crippen LogP contribution in [0.1, 0.15) is 54.2 Å². The molecule has 7 nitrogen and oxygen atoms in total. The van der Waals surface area contributed by atoms with Crippen LogP contribution in [-0.2, 0) is 4.79 Å². The van der Waals surface area contributed by atoms with E-state index in [1.54, 1.807) is 13.1 Å². The van der Waals surface area contributed by atoms with Gasteiger partial charge in [0.15, 0.2) is 0 Å². The molecule has 1 unspecified atom stereocenters. The molecular formula is C17H23F3N4O3. The second-order valence-corrected chi connectivity index (χ2v) is 7.42. The predicted octanol–water partition coefficient (Wildman–Crippen LogP) is 1.56. The number of amides is 2. The highest BCUT2D eigenvalue weighted by Crippen LogP contribution is 2.34. The van der Waals surface area contributed by atoms with Crippen LogP contribution in [0.2, 0.25) is 0 Å². The maximum Gasteiger partial charge on any atom is 0.392 e. The molecular weight excluding hydrogens is 365 g/mol. The smallest absolute Gasteiger partial charge is 0.383 e. The average molecular weight is 388 g/mol. The van der Waals surface area contributed by atoms with Crippen LogP contribution in [0, 0.1) is 6.92 Å². The Bertz CT molecular complexity index is 723. The molecule has 1 aromatic heterocycles. The fourth-order valence-electron chi connectivity index (χ4n) is 3.24. The molecule has 0 spiro atoms. The van der Waals surface area contributed by atoms with Crippen molar-refractivity contribution >= 4 is 11.8 Å². The number of carbonyl (C=O) groups is 2. The van der Waals surface area contributed by atoms with Crippen LogP contribution < -0.4 is 5.32 Å². The molecule has 1 aromatic rings. The number of hydrogen-bond acceptors (Lipinski definition) is 4. The maximum atomic E-state index is 12.4. The van der Waals surface area contributed by atoms with E-state index in [1.807, 2.05) is 4.68 Å². The van der Waals surface area contributed by atoms with Gasteiger partial charge in [-0.2, -0.15) is 18.3 Å². The number of hydrogen-bond donors (Lipinski definition) is 2. The zero-order valence-corrected chi connectivity index (χ0v) is 15.2. The molecule has 0 aliphatic heterocycles. The molecule has 3 rings (SSSR count). The van der Waals surface area contributed by atoms with Crippen molar-refractivity contribution in [2.45, 2.75) is 69.4 Å². The van der Waals surface area contributed by atoms with Gasteiger partial charge >= 0.3 is 6.18 Å². The van der Waals surface area contributed by atoms with Crippen molar-refractivity contribution < 1.29 is 27.9 Å². The van der Waals surface area contributed by atoms with Crippen molar-refractivity contribution in [1.29, 1.82) is 0 Å². The average Bonchev–Trinajstić information content (AvgIpc) is 3.30. The van der Waals surface area contributed by atoms with Gasteiger partial charge in [0.2, 0.25) is 0 Å². The Morgan fingerprint density at radius 3 is 2.59 bits per heavy atom. The lowest BCUT2D eigenvalue weighted by molar-refractivity contribution is -0.170. The lowest BCUT2D eigenvalue weighted by atomic mass is 9.85. The first-order chi connectivity index (χ1) is 12.5. The number of aliphatic hydroxyl groups excluding tert-OH is 1. The van der Waals surface area contributed by atoms with Crippen LogP contribution in [-0.4, -0.2) is 63.0 Å². The Morgan fingerprint density at radius 2 is 2.04 bits per heavy atom. The zero-order valence-electron chi connectivity index (χ0n) is 15.2. The molecule has 2 fully saturated rings. The lowest BCUT2D eigenvalue weighted by Gasteiger charge is -2.42. The standard InChI is InChI=1S/C17H23F3N4O3/c1-9-13(8-24(22-9)11-3-4-11)15(26)21-10-5-12(6-10)23(2)16(27)14(25)7-17(18,19)20/h8,10-12,14,25H,3-7H2,1-2H3,(H,21,26). The number of nitrogens with one attached hydrogen (secondary N) is 1. The SMILES string of the molecule is Cc1nn(C2CC2)cc1C(=O)NC1CC(N(C)C(=O)C(O)CC(F)(F)F)C1. The van der Waals surface area contributed by atoms with Crippen LogP contribution in [0.15, 0.2) is 6.20 Å². The molecule has 0 radical (unpaired) electrons. The number of nitrogens with zero attached hydrogens (tertiary/aromatic N) is 3. The normalized spacial score (nSPS) is 23.5. The molecule has 27 heavy (non-hydrogen) atoms. The van der Waals surface area contributed by atoms with Crippen LogP contribution in [0.4, 0.5) is 13.2 Å². The van der Waals surface area contributed by atoms with Crippen molar-refractivity contribution in [3.8, 4) is 0 Å². The van der Waals surface area contributed by atoms with Gasteiger partial charge in [-0.1, -0.05) is 0 Å². The van der Waals surface area contributed by atoms with E-state index >= 15 is 0 Å². The van der Waals surface area contributed by atoms with Gasteiger partial charge in [0, 0.05) is 25.3 Å². The quantitative estimate of drug-likeness (QED) is 0.774. The summed E-state index contributed by atoms with van der Waals surface area (Å²) in [5.74, 6) is -1.20.